The van der Waals surface area contributed by atoms with Gasteiger partial charge in [-0.05, 0) is 12.8 Å². The molecular weight excluding hydrogens is 138 g/mol. The SMILES string of the molecule is C.C=CCN1CCC(O)CC1. The first-order chi connectivity index (χ1) is 4.83. The monoisotopic (exact) mass is 157 g/mol. The van der Waals surface area contributed by atoms with E-state index in [0.29, 0.717) is 0 Å². The van der Waals surface area contributed by atoms with Crippen LogP contribution in [0, 0.1) is 0 Å². The molecule has 1 heterocycles. The highest BCUT2D eigenvalue weighted by molar-refractivity contribution is 4.77. The predicted octanol–water partition coefficient (Wildman–Crippen LogP) is 1.27. The maximum absolute atomic E-state index is 9.14. The highest BCUT2D eigenvalue weighted by atomic mass is 16.3. The lowest BCUT2D eigenvalue weighted by atomic mass is 10.1. The van der Waals surface area contributed by atoms with Crippen molar-refractivity contribution in [2.24, 2.45) is 0 Å². The van der Waals surface area contributed by atoms with Crippen LogP contribution in [0.5, 0.6) is 0 Å². The third-order valence-corrected chi connectivity index (χ3v) is 1.94. The van der Waals surface area contributed by atoms with Gasteiger partial charge in [-0.15, -0.1) is 6.58 Å². The summed E-state index contributed by atoms with van der Waals surface area (Å²) >= 11 is 0. The van der Waals surface area contributed by atoms with Gasteiger partial charge in [-0.3, -0.25) is 4.90 Å². The molecule has 0 radical (unpaired) electrons. The number of hydrogen-bond acceptors (Lipinski definition) is 2. The molecule has 1 aliphatic rings. The molecule has 0 saturated carbocycles. The molecule has 11 heavy (non-hydrogen) atoms. The molecule has 0 atom stereocenters. The van der Waals surface area contributed by atoms with Crippen molar-refractivity contribution in [2.45, 2.75) is 26.4 Å². The molecule has 0 aromatic heterocycles. The Hall–Kier alpha value is -0.340. The maximum atomic E-state index is 9.14. The Bertz CT molecular complexity index is 106. The Balaban J connectivity index is 0.000001000. The van der Waals surface area contributed by atoms with E-state index < -0.39 is 0 Å². The lowest BCUT2D eigenvalue weighted by Gasteiger charge is -2.28. The summed E-state index contributed by atoms with van der Waals surface area (Å²) in [5.41, 5.74) is 0. The second-order valence-electron chi connectivity index (χ2n) is 2.82. The number of rotatable bonds is 2. The summed E-state index contributed by atoms with van der Waals surface area (Å²) in [5, 5.41) is 9.14. The maximum Gasteiger partial charge on any atom is 0.0564 e. The smallest absolute Gasteiger partial charge is 0.0564 e. The normalized spacial score (nSPS) is 20.8. The number of likely N-dealkylation sites (tertiary alicyclic amines) is 1. The Morgan fingerprint density at radius 1 is 1.45 bits per heavy atom. The quantitative estimate of drug-likeness (QED) is 0.610. The summed E-state index contributed by atoms with van der Waals surface area (Å²) in [7, 11) is 0. The van der Waals surface area contributed by atoms with Gasteiger partial charge in [-0.2, -0.15) is 0 Å². The van der Waals surface area contributed by atoms with Gasteiger partial charge in [-0.25, -0.2) is 0 Å². The van der Waals surface area contributed by atoms with Crippen LogP contribution < -0.4 is 0 Å². The summed E-state index contributed by atoms with van der Waals surface area (Å²) in [6.07, 6.45) is 3.71. The highest BCUT2D eigenvalue weighted by Crippen LogP contribution is 2.08. The van der Waals surface area contributed by atoms with Crippen molar-refractivity contribution >= 4 is 0 Å². The molecular formula is C9H19NO. The van der Waals surface area contributed by atoms with Gasteiger partial charge in [0.2, 0.25) is 0 Å². The van der Waals surface area contributed by atoms with Crippen molar-refractivity contribution in [3.8, 4) is 0 Å². The van der Waals surface area contributed by atoms with Crippen LogP contribution in [0.4, 0.5) is 0 Å². The number of nitrogens with zero attached hydrogens (tertiary/aromatic N) is 1. The molecule has 66 valence electrons. The molecule has 0 aromatic rings. The van der Waals surface area contributed by atoms with Crippen molar-refractivity contribution in [1.82, 2.24) is 4.90 Å². The summed E-state index contributed by atoms with van der Waals surface area (Å²) in [5.74, 6) is 0. The largest absolute Gasteiger partial charge is 0.393 e. The van der Waals surface area contributed by atoms with Gasteiger partial charge in [-0.1, -0.05) is 13.5 Å². The van der Waals surface area contributed by atoms with E-state index in [1.54, 1.807) is 0 Å². The predicted molar refractivity (Wildman–Crippen MR) is 48.6 cm³/mol. The minimum absolute atomic E-state index is 0. The van der Waals surface area contributed by atoms with Gasteiger partial charge < -0.3 is 5.11 Å². The molecule has 2 heteroatoms. The fourth-order valence-electron chi connectivity index (χ4n) is 1.28. The fraction of sp³-hybridized carbons (Fsp3) is 0.778. The van der Waals surface area contributed by atoms with Gasteiger partial charge in [0.15, 0.2) is 0 Å². The molecule has 1 aliphatic heterocycles. The topological polar surface area (TPSA) is 23.5 Å². The van der Waals surface area contributed by atoms with E-state index >= 15 is 0 Å². The molecule has 0 aromatic carbocycles. The molecule has 0 aliphatic carbocycles. The van der Waals surface area contributed by atoms with Crippen LogP contribution in [0.3, 0.4) is 0 Å². The zero-order valence-electron chi connectivity index (χ0n) is 6.29. The third-order valence-electron chi connectivity index (χ3n) is 1.94. The van der Waals surface area contributed by atoms with E-state index in [1.807, 2.05) is 6.08 Å². The zero-order valence-corrected chi connectivity index (χ0v) is 6.29. The van der Waals surface area contributed by atoms with Gasteiger partial charge >= 0.3 is 0 Å². The Morgan fingerprint density at radius 2 is 2.00 bits per heavy atom. The van der Waals surface area contributed by atoms with Crippen LogP contribution in [0.15, 0.2) is 12.7 Å². The fourth-order valence-corrected chi connectivity index (χ4v) is 1.28. The van der Waals surface area contributed by atoms with E-state index in [1.165, 1.54) is 0 Å². The number of hydrogen-bond donors (Lipinski definition) is 1. The molecule has 1 rings (SSSR count). The number of aliphatic hydroxyl groups is 1. The molecule has 1 N–H and O–H groups in total. The number of piperidine rings is 1. The third kappa shape index (κ3) is 3.54. The van der Waals surface area contributed by atoms with Crippen molar-refractivity contribution in [2.75, 3.05) is 19.6 Å². The van der Waals surface area contributed by atoms with Crippen LogP contribution in [-0.4, -0.2) is 35.7 Å². The average molecular weight is 157 g/mol. The van der Waals surface area contributed by atoms with Crippen molar-refractivity contribution < 1.29 is 5.11 Å². The molecule has 2 nitrogen and oxygen atoms in total. The molecule has 0 unspecified atom stereocenters. The summed E-state index contributed by atoms with van der Waals surface area (Å²) in [6.45, 7) is 6.68. The van der Waals surface area contributed by atoms with Gasteiger partial charge in [0, 0.05) is 19.6 Å². The van der Waals surface area contributed by atoms with Gasteiger partial charge in [0.05, 0.1) is 6.10 Å². The van der Waals surface area contributed by atoms with Gasteiger partial charge in [0.25, 0.3) is 0 Å². The van der Waals surface area contributed by atoms with Crippen molar-refractivity contribution in [3.63, 3.8) is 0 Å². The van der Waals surface area contributed by atoms with Crippen LogP contribution >= 0.6 is 0 Å². The highest BCUT2D eigenvalue weighted by Gasteiger charge is 2.14. The zero-order chi connectivity index (χ0) is 7.40. The first-order valence-corrected chi connectivity index (χ1v) is 3.84. The summed E-state index contributed by atoms with van der Waals surface area (Å²) in [4.78, 5) is 2.31. The van der Waals surface area contributed by atoms with E-state index in [4.69, 9.17) is 5.11 Å². The second kappa shape index (κ2) is 5.33. The van der Waals surface area contributed by atoms with Crippen molar-refractivity contribution in [3.05, 3.63) is 12.7 Å². The average Bonchev–Trinajstić information content (AvgIpc) is 1.95. The van der Waals surface area contributed by atoms with Crippen LogP contribution in [0.1, 0.15) is 20.3 Å². The Labute approximate surface area is 69.5 Å². The van der Waals surface area contributed by atoms with Crippen molar-refractivity contribution in [1.29, 1.82) is 0 Å². The molecule has 1 fully saturated rings. The molecule has 0 amide bonds. The van der Waals surface area contributed by atoms with Crippen LogP contribution in [-0.2, 0) is 0 Å². The summed E-state index contributed by atoms with van der Waals surface area (Å²) in [6, 6.07) is 0. The van der Waals surface area contributed by atoms with Gasteiger partial charge in [0.1, 0.15) is 0 Å². The standard InChI is InChI=1S/C8H15NO.CH4/c1-2-5-9-6-3-8(10)4-7-9;/h2,8,10H,1,3-7H2;1H4. The Kier molecular flexibility index (Phi) is 5.16. The van der Waals surface area contributed by atoms with E-state index in [0.717, 1.165) is 32.5 Å². The molecule has 0 spiro atoms. The van der Waals surface area contributed by atoms with Crippen LogP contribution in [0.2, 0.25) is 0 Å². The minimum atomic E-state index is -0.0546. The lowest BCUT2D eigenvalue weighted by Crippen LogP contribution is -2.35. The van der Waals surface area contributed by atoms with E-state index in [9.17, 15) is 0 Å². The Morgan fingerprint density at radius 3 is 2.45 bits per heavy atom. The second-order valence-corrected chi connectivity index (χ2v) is 2.82. The molecule has 0 bridgehead atoms. The van der Waals surface area contributed by atoms with E-state index in [-0.39, 0.29) is 13.5 Å². The minimum Gasteiger partial charge on any atom is -0.393 e. The summed E-state index contributed by atoms with van der Waals surface area (Å²) < 4.78 is 0. The van der Waals surface area contributed by atoms with E-state index in [2.05, 4.69) is 11.5 Å². The number of aliphatic hydroxyl groups excluding tert-OH is 1. The lowest BCUT2D eigenvalue weighted by molar-refractivity contribution is 0.0880. The molecule has 1 saturated heterocycles. The van der Waals surface area contributed by atoms with Crippen LogP contribution in [0.25, 0.3) is 0 Å². The first kappa shape index (κ1) is 10.7. The first-order valence-electron chi connectivity index (χ1n) is 3.84.